The lowest BCUT2D eigenvalue weighted by Gasteiger charge is -2.42. The summed E-state index contributed by atoms with van der Waals surface area (Å²) in [6.45, 7) is 1.07. The van der Waals surface area contributed by atoms with Crippen LogP contribution < -0.4 is 5.56 Å². The molecule has 2 heterocycles. The smallest absolute Gasteiger partial charge is 0.280 e. The molecule has 1 amide bonds. The van der Waals surface area contributed by atoms with E-state index < -0.39 is 5.60 Å². The third kappa shape index (κ3) is 4.37. The molecular weight excluding hydrogens is 324 g/mol. The average molecular weight is 346 g/mol. The number of aromatic nitrogens is 1. The van der Waals surface area contributed by atoms with E-state index in [1.165, 1.54) is 6.07 Å². The summed E-state index contributed by atoms with van der Waals surface area (Å²) in [5.74, 6) is 0.419. The van der Waals surface area contributed by atoms with Gasteiger partial charge in [-0.05, 0) is 5.56 Å². The third-order valence-corrected chi connectivity index (χ3v) is 4.42. The van der Waals surface area contributed by atoms with Crippen molar-refractivity contribution >= 4 is 5.91 Å². The van der Waals surface area contributed by atoms with Gasteiger partial charge in [0.15, 0.2) is 0 Å². The number of benzene rings is 1. The number of aryl methyl sites for hydroxylation is 1. The zero-order valence-corrected chi connectivity index (χ0v) is 13.9. The maximum atomic E-state index is 12.5. The van der Waals surface area contributed by atoms with Crippen LogP contribution >= 0.6 is 0 Å². The Morgan fingerprint density at radius 1 is 1.32 bits per heavy atom. The van der Waals surface area contributed by atoms with Crippen molar-refractivity contribution in [2.45, 2.75) is 24.9 Å². The first-order valence-electron chi connectivity index (χ1n) is 8.34. The van der Waals surface area contributed by atoms with Gasteiger partial charge in [-0.15, -0.1) is 0 Å². The quantitative estimate of drug-likeness (QED) is 0.804. The highest BCUT2D eigenvalue weighted by Crippen LogP contribution is 2.23. The number of aliphatic hydroxyl groups is 1. The first-order chi connectivity index (χ1) is 12.1. The summed E-state index contributed by atoms with van der Waals surface area (Å²) < 4.78 is 10.8. The number of hydrogen-bond acceptors (Lipinski definition) is 5. The Morgan fingerprint density at radius 2 is 2.12 bits per heavy atom. The second-order valence-corrected chi connectivity index (χ2v) is 6.35. The number of rotatable bonds is 6. The fourth-order valence-corrected chi connectivity index (χ4v) is 3.12. The van der Waals surface area contributed by atoms with Crippen LogP contribution in [0, 0.1) is 0 Å². The standard InChI is InChI=1S/C18H22N2O5/c21-13-18(11-14-4-2-1-3-5-14)12-20(8-9-24-18)17(23)7-6-15-10-16(22)19-25-15/h1-5,10,21H,6-9,11-13H2,(H,19,22)/t18-/m0/s1. The fraction of sp³-hybridized carbons (Fsp3) is 0.444. The van der Waals surface area contributed by atoms with Crippen LogP contribution in [-0.2, 0) is 22.4 Å². The van der Waals surface area contributed by atoms with Crippen molar-refractivity contribution in [1.29, 1.82) is 0 Å². The molecule has 1 atom stereocenters. The molecule has 2 N–H and O–H groups in total. The van der Waals surface area contributed by atoms with E-state index >= 15 is 0 Å². The topological polar surface area (TPSA) is 95.8 Å². The number of H-pyrrole nitrogens is 1. The van der Waals surface area contributed by atoms with Gasteiger partial charge in [0.05, 0.1) is 19.8 Å². The Bertz CT molecular complexity index is 754. The van der Waals surface area contributed by atoms with E-state index in [4.69, 9.17) is 9.26 Å². The van der Waals surface area contributed by atoms with Crippen LogP contribution in [0.15, 0.2) is 45.7 Å². The Labute approximate surface area is 145 Å². The molecular formula is C18H22N2O5. The molecule has 0 spiro atoms. The highest BCUT2D eigenvalue weighted by molar-refractivity contribution is 5.76. The lowest BCUT2D eigenvalue weighted by atomic mass is 9.93. The molecule has 0 unspecified atom stereocenters. The number of nitrogens with one attached hydrogen (secondary N) is 1. The summed E-state index contributed by atoms with van der Waals surface area (Å²) in [7, 11) is 0. The third-order valence-electron chi connectivity index (χ3n) is 4.42. The van der Waals surface area contributed by atoms with Gasteiger partial charge in [0.25, 0.3) is 5.56 Å². The number of carbonyl (C=O) groups is 1. The molecule has 7 heteroatoms. The van der Waals surface area contributed by atoms with Crippen molar-refractivity contribution in [2.24, 2.45) is 0 Å². The highest BCUT2D eigenvalue weighted by Gasteiger charge is 2.38. The van der Waals surface area contributed by atoms with Crippen LogP contribution in [0.4, 0.5) is 0 Å². The van der Waals surface area contributed by atoms with Crippen molar-refractivity contribution in [3.63, 3.8) is 0 Å². The summed E-state index contributed by atoms with van der Waals surface area (Å²) in [4.78, 5) is 25.3. The van der Waals surface area contributed by atoms with Gasteiger partial charge in [0, 0.05) is 31.9 Å². The minimum atomic E-state index is -0.782. The number of carbonyl (C=O) groups excluding carboxylic acids is 1. The minimum absolute atomic E-state index is 0.0435. The summed E-state index contributed by atoms with van der Waals surface area (Å²) in [5.41, 5.74) is -0.0356. The number of hydrogen-bond donors (Lipinski definition) is 2. The lowest BCUT2D eigenvalue weighted by Crippen LogP contribution is -2.56. The van der Waals surface area contributed by atoms with Crippen molar-refractivity contribution in [3.8, 4) is 0 Å². The molecule has 1 aliphatic heterocycles. The maximum absolute atomic E-state index is 12.5. The van der Waals surface area contributed by atoms with Gasteiger partial charge in [0.2, 0.25) is 5.91 Å². The predicted octanol–water partition coefficient (Wildman–Crippen LogP) is 0.733. The molecule has 1 aliphatic rings. The number of amides is 1. The van der Waals surface area contributed by atoms with Gasteiger partial charge < -0.3 is 19.3 Å². The van der Waals surface area contributed by atoms with Gasteiger partial charge in [-0.2, -0.15) is 5.16 Å². The summed E-state index contributed by atoms with van der Waals surface area (Å²) >= 11 is 0. The molecule has 0 aliphatic carbocycles. The van der Waals surface area contributed by atoms with Crippen molar-refractivity contribution < 1.29 is 19.2 Å². The van der Waals surface area contributed by atoms with Gasteiger partial charge in [-0.25, -0.2) is 0 Å². The molecule has 0 radical (unpaired) electrons. The van der Waals surface area contributed by atoms with Crippen LogP contribution in [0.5, 0.6) is 0 Å². The molecule has 2 aromatic rings. The van der Waals surface area contributed by atoms with Crippen LogP contribution in [0.3, 0.4) is 0 Å². The number of aliphatic hydroxyl groups excluding tert-OH is 1. The molecule has 1 saturated heterocycles. The van der Waals surface area contributed by atoms with E-state index in [0.717, 1.165) is 5.56 Å². The van der Waals surface area contributed by atoms with Crippen LogP contribution in [0.25, 0.3) is 0 Å². The first-order valence-corrected chi connectivity index (χ1v) is 8.34. The van der Waals surface area contributed by atoms with Crippen LogP contribution in [-0.4, -0.2) is 53.0 Å². The highest BCUT2D eigenvalue weighted by atomic mass is 16.5. The zero-order valence-electron chi connectivity index (χ0n) is 13.9. The second-order valence-electron chi connectivity index (χ2n) is 6.35. The minimum Gasteiger partial charge on any atom is -0.393 e. The summed E-state index contributed by atoms with van der Waals surface area (Å²) in [6, 6.07) is 11.1. The summed E-state index contributed by atoms with van der Waals surface area (Å²) in [5, 5.41) is 12.1. The van der Waals surface area contributed by atoms with E-state index in [1.54, 1.807) is 4.90 Å². The van der Waals surface area contributed by atoms with E-state index in [0.29, 0.717) is 38.3 Å². The molecule has 1 aromatic carbocycles. The monoisotopic (exact) mass is 346 g/mol. The van der Waals surface area contributed by atoms with Crippen LogP contribution in [0.2, 0.25) is 0 Å². The first kappa shape index (κ1) is 17.4. The Hall–Kier alpha value is -2.38. The van der Waals surface area contributed by atoms with Gasteiger partial charge in [-0.1, -0.05) is 30.3 Å². The van der Waals surface area contributed by atoms with Crippen LogP contribution in [0.1, 0.15) is 17.7 Å². The van der Waals surface area contributed by atoms with E-state index in [1.807, 2.05) is 30.3 Å². The molecule has 1 aromatic heterocycles. The van der Waals surface area contributed by atoms with Gasteiger partial charge in [0.1, 0.15) is 11.4 Å². The van der Waals surface area contributed by atoms with E-state index in [9.17, 15) is 14.7 Å². The molecule has 3 rings (SSSR count). The summed E-state index contributed by atoms with van der Waals surface area (Å²) in [6.07, 6.45) is 1.15. The number of morpholine rings is 1. The largest absolute Gasteiger partial charge is 0.393 e. The van der Waals surface area contributed by atoms with Gasteiger partial charge >= 0.3 is 0 Å². The predicted molar refractivity (Wildman–Crippen MR) is 90.1 cm³/mol. The molecule has 134 valence electrons. The number of nitrogens with zero attached hydrogens (tertiary/aromatic N) is 1. The SMILES string of the molecule is O=C(CCc1cc(=O)[nH]o1)N1CCO[C@@](CO)(Cc2ccccc2)C1. The number of aromatic amines is 1. The number of ether oxygens (including phenoxy) is 1. The molecule has 7 nitrogen and oxygen atoms in total. The van der Waals surface area contributed by atoms with Crippen molar-refractivity contribution in [3.05, 3.63) is 58.1 Å². The Kier molecular flexibility index (Phi) is 5.35. The van der Waals surface area contributed by atoms with E-state index in [-0.39, 0.29) is 24.5 Å². The maximum Gasteiger partial charge on any atom is 0.280 e. The second kappa shape index (κ2) is 7.67. The van der Waals surface area contributed by atoms with E-state index in [2.05, 4.69) is 5.16 Å². The molecule has 0 saturated carbocycles. The Balaban J connectivity index is 1.62. The molecule has 0 bridgehead atoms. The molecule has 25 heavy (non-hydrogen) atoms. The average Bonchev–Trinajstić information content (AvgIpc) is 3.06. The van der Waals surface area contributed by atoms with Gasteiger partial charge in [-0.3, -0.25) is 9.59 Å². The Morgan fingerprint density at radius 3 is 2.80 bits per heavy atom. The fourth-order valence-electron chi connectivity index (χ4n) is 3.12. The molecule has 1 fully saturated rings. The zero-order chi connectivity index (χ0) is 17.7. The normalized spacial score (nSPS) is 20.6. The van der Waals surface area contributed by atoms with Crippen molar-refractivity contribution in [1.82, 2.24) is 10.1 Å². The van der Waals surface area contributed by atoms with Crippen molar-refractivity contribution in [2.75, 3.05) is 26.3 Å². The lowest BCUT2D eigenvalue weighted by molar-refractivity contribution is -0.158.